The van der Waals surface area contributed by atoms with Crippen molar-refractivity contribution in [2.45, 2.75) is 33.1 Å². The van der Waals surface area contributed by atoms with Crippen LogP contribution in [0.5, 0.6) is 0 Å². The number of hydrogen-bond acceptors (Lipinski definition) is 3. The largest absolute Gasteiger partial charge is 0.338 e. The number of amides is 1. The Morgan fingerprint density at radius 1 is 1.25 bits per heavy atom. The zero-order valence-corrected chi connectivity index (χ0v) is 12.7. The highest BCUT2D eigenvalue weighted by Gasteiger charge is 2.41. The summed E-state index contributed by atoms with van der Waals surface area (Å²) in [6.07, 6.45) is 3.54. The quantitative estimate of drug-likeness (QED) is 0.840. The van der Waals surface area contributed by atoms with E-state index in [1.165, 1.54) is 12.8 Å². The van der Waals surface area contributed by atoms with Gasteiger partial charge in [-0.05, 0) is 51.6 Å². The van der Waals surface area contributed by atoms with Crippen molar-refractivity contribution >= 4 is 5.91 Å². The molecule has 0 aromatic carbocycles. The van der Waals surface area contributed by atoms with Gasteiger partial charge >= 0.3 is 0 Å². The molecule has 0 aliphatic carbocycles. The third-order valence-corrected chi connectivity index (χ3v) is 5.11. The predicted octanol–water partition coefficient (Wildman–Crippen LogP) is 1.25. The van der Waals surface area contributed by atoms with Gasteiger partial charge in [-0.3, -0.25) is 9.48 Å². The monoisotopic (exact) mass is 276 g/mol. The van der Waals surface area contributed by atoms with Gasteiger partial charge in [-0.1, -0.05) is 0 Å². The van der Waals surface area contributed by atoms with Crippen LogP contribution in [0, 0.1) is 19.3 Å². The van der Waals surface area contributed by atoms with Crippen LogP contribution < -0.4 is 5.32 Å². The normalized spacial score (nSPS) is 21.6. The molecule has 3 rings (SSSR count). The SMILES string of the molecule is Cc1nn(C)c(C)c1C(=O)N1CCC2(CCNCC2)C1. The summed E-state index contributed by atoms with van der Waals surface area (Å²) in [7, 11) is 1.90. The maximum absolute atomic E-state index is 12.8. The van der Waals surface area contributed by atoms with E-state index in [0.29, 0.717) is 5.41 Å². The van der Waals surface area contributed by atoms with Crippen LogP contribution in [-0.4, -0.2) is 46.8 Å². The Morgan fingerprint density at radius 3 is 2.55 bits per heavy atom. The minimum Gasteiger partial charge on any atom is -0.338 e. The van der Waals surface area contributed by atoms with Crippen molar-refractivity contribution in [2.24, 2.45) is 12.5 Å². The van der Waals surface area contributed by atoms with E-state index < -0.39 is 0 Å². The average Bonchev–Trinajstić information content (AvgIpc) is 2.93. The summed E-state index contributed by atoms with van der Waals surface area (Å²) >= 11 is 0. The molecule has 3 heterocycles. The van der Waals surface area contributed by atoms with Crippen molar-refractivity contribution in [3.05, 3.63) is 17.0 Å². The molecule has 5 heteroatoms. The van der Waals surface area contributed by atoms with E-state index in [4.69, 9.17) is 0 Å². The highest BCUT2D eigenvalue weighted by atomic mass is 16.2. The molecule has 20 heavy (non-hydrogen) atoms. The Kier molecular flexibility index (Phi) is 3.32. The number of nitrogens with zero attached hydrogens (tertiary/aromatic N) is 3. The third-order valence-electron chi connectivity index (χ3n) is 5.11. The summed E-state index contributed by atoms with van der Waals surface area (Å²) in [4.78, 5) is 14.8. The fraction of sp³-hybridized carbons (Fsp3) is 0.733. The zero-order valence-electron chi connectivity index (χ0n) is 12.7. The van der Waals surface area contributed by atoms with Crippen LogP contribution in [0.25, 0.3) is 0 Å². The second-order valence-electron chi connectivity index (χ2n) is 6.40. The van der Waals surface area contributed by atoms with E-state index in [-0.39, 0.29) is 5.91 Å². The molecular formula is C15H24N4O. The number of rotatable bonds is 1. The molecule has 2 fully saturated rings. The number of aryl methyl sites for hydroxylation is 2. The van der Waals surface area contributed by atoms with Crippen LogP contribution in [-0.2, 0) is 7.05 Å². The number of hydrogen-bond donors (Lipinski definition) is 1. The van der Waals surface area contributed by atoms with Gasteiger partial charge in [0.15, 0.2) is 0 Å². The lowest BCUT2D eigenvalue weighted by molar-refractivity contribution is 0.0760. The lowest BCUT2D eigenvalue weighted by atomic mass is 9.78. The summed E-state index contributed by atoms with van der Waals surface area (Å²) < 4.78 is 1.80. The Bertz CT molecular complexity index is 528. The molecule has 1 amide bonds. The number of likely N-dealkylation sites (tertiary alicyclic amines) is 1. The highest BCUT2D eigenvalue weighted by Crippen LogP contribution is 2.39. The molecule has 0 atom stereocenters. The third kappa shape index (κ3) is 2.14. The minimum absolute atomic E-state index is 0.170. The van der Waals surface area contributed by atoms with E-state index in [1.54, 1.807) is 4.68 Å². The van der Waals surface area contributed by atoms with Gasteiger partial charge < -0.3 is 10.2 Å². The first-order valence-corrected chi connectivity index (χ1v) is 7.53. The molecular weight excluding hydrogens is 252 g/mol. The molecule has 1 N–H and O–H groups in total. The predicted molar refractivity (Wildman–Crippen MR) is 77.7 cm³/mol. The van der Waals surface area contributed by atoms with Gasteiger partial charge in [0, 0.05) is 25.8 Å². The van der Waals surface area contributed by atoms with Crippen LogP contribution in [0.15, 0.2) is 0 Å². The van der Waals surface area contributed by atoms with Crippen molar-refractivity contribution < 1.29 is 4.79 Å². The van der Waals surface area contributed by atoms with Crippen LogP contribution >= 0.6 is 0 Å². The molecule has 110 valence electrons. The van der Waals surface area contributed by atoms with Gasteiger partial charge in [-0.2, -0.15) is 5.10 Å². The van der Waals surface area contributed by atoms with Crippen LogP contribution in [0.4, 0.5) is 0 Å². The van der Waals surface area contributed by atoms with E-state index in [1.807, 2.05) is 25.8 Å². The summed E-state index contributed by atoms with van der Waals surface area (Å²) in [6, 6.07) is 0. The lowest BCUT2D eigenvalue weighted by Crippen LogP contribution is -2.39. The van der Waals surface area contributed by atoms with Crippen LogP contribution in [0.3, 0.4) is 0 Å². The Hall–Kier alpha value is -1.36. The van der Waals surface area contributed by atoms with Crippen LogP contribution in [0.1, 0.15) is 41.0 Å². The zero-order chi connectivity index (χ0) is 14.3. The van der Waals surface area contributed by atoms with Gasteiger partial charge in [0.2, 0.25) is 0 Å². The molecule has 0 unspecified atom stereocenters. The Labute approximate surface area is 120 Å². The average molecular weight is 276 g/mol. The molecule has 0 radical (unpaired) electrons. The first-order valence-electron chi connectivity index (χ1n) is 7.53. The second kappa shape index (κ2) is 4.88. The molecule has 2 saturated heterocycles. The second-order valence-corrected chi connectivity index (χ2v) is 6.40. The van der Waals surface area contributed by atoms with Gasteiger partial charge in [0.1, 0.15) is 0 Å². The molecule has 5 nitrogen and oxygen atoms in total. The number of nitrogens with one attached hydrogen (secondary N) is 1. The van der Waals surface area contributed by atoms with Crippen molar-refractivity contribution in [1.82, 2.24) is 20.0 Å². The Morgan fingerprint density at radius 2 is 1.95 bits per heavy atom. The Balaban J connectivity index is 1.79. The number of carbonyl (C=O) groups excluding carboxylic acids is 1. The van der Waals surface area contributed by atoms with Gasteiger partial charge in [0.25, 0.3) is 5.91 Å². The fourth-order valence-electron chi connectivity index (χ4n) is 3.71. The van der Waals surface area contributed by atoms with Gasteiger partial charge in [-0.15, -0.1) is 0 Å². The summed E-state index contributed by atoms with van der Waals surface area (Å²) in [6.45, 7) is 7.90. The van der Waals surface area contributed by atoms with Crippen molar-refractivity contribution in [1.29, 1.82) is 0 Å². The van der Waals surface area contributed by atoms with Crippen molar-refractivity contribution in [3.8, 4) is 0 Å². The first kappa shape index (κ1) is 13.6. The van der Waals surface area contributed by atoms with Gasteiger partial charge in [-0.25, -0.2) is 0 Å². The standard InChI is InChI=1S/C15H24N4O/c1-11-13(12(2)18(3)17-11)14(20)19-9-6-15(10-19)4-7-16-8-5-15/h16H,4-10H2,1-3H3. The molecule has 2 aliphatic rings. The van der Waals surface area contributed by atoms with Crippen molar-refractivity contribution in [2.75, 3.05) is 26.2 Å². The fourth-order valence-corrected chi connectivity index (χ4v) is 3.71. The summed E-state index contributed by atoms with van der Waals surface area (Å²) in [5.74, 6) is 0.170. The molecule has 1 aromatic rings. The molecule has 0 saturated carbocycles. The van der Waals surface area contributed by atoms with E-state index >= 15 is 0 Å². The molecule has 0 bridgehead atoms. The summed E-state index contributed by atoms with van der Waals surface area (Å²) in [5.41, 5.74) is 2.99. The molecule has 1 aromatic heterocycles. The van der Waals surface area contributed by atoms with E-state index in [9.17, 15) is 4.79 Å². The number of aromatic nitrogens is 2. The topological polar surface area (TPSA) is 50.2 Å². The maximum Gasteiger partial charge on any atom is 0.257 e. The van der Waals surface area contributed by atoms with Crippen molar-refractivity contribution in [3.63, 3.8) is 0 Å². The molecule has 1 spiro atoms. The van der Waals surface area contributed by atoms with Gasteiger partial charge in [0.05, 0.1) is 11.3 Å². The smallest absolute Gasteiger partial charge is 0.257 e. The molecule has 2 aliphatic heterocycles. The summed E-state index contributed by atoms with van der Waals surface area (Å²) in [5, 5.41) is 7.78. The number of piperidine rings is 1. The first-order chi connectivity index (χ1) is 9.52. The number of carbonyl (C=O) groups is 1. The highest BCUT2D eigenvalue weighted by molar-refractivity contribution is 5.96. The lowest BCUT2D eigenvalue weighted by Gasteiger charge is -2.33. The maximum atomic E-state index is 12.8. The van der Waals surface area contributed by atoms with E-state index in [2.05, 4.69) is 10.4 Å². The van der Waals surface area contributed by atoms with Crippen LogP contribution in [0.2, 0.25) is 0 Å². The minimum atomic E-state index is 0.170. The van der Waals surface area contributed by atoms with E-state index in [0.717, 1.165) is 49.6 Å².